The van der Waals surface area contributed by atoms with Gasteiger partial charge in [-0.05, 0) is 30.5 Å². The molecule has 0 bridgehead atoms. The molecule has 4 nitrogen and oxygen atoms in total. The van der Waals surface area contributed by atoms with E-state index in [1.54, 1.807) is 11.8 Å². The van der Waals surface area contributed by atoms with Gasteiger partial charge in [-0.3, -0.25) is 0 Å². The Kier molecular flexibility index (Phi) is 4.68. The molecule has 2 aromatic rings. The molecule has 0 fully saturated rings. The van der Waals surface area contributed by atoms with Gasteiger partial charge in [-0.15, -0.1) is 11.8 Å². The van der Waals surface area contributed by atoms with Crippen molar-refractivity contribution in [2.45, 2.75) is 4.90 Å². The SMILES string of the molecule is COC(=O)c1sc(Oc2ccc(SC)cc2)nc1Cl. The number of halogens is 1. The Morgan fingerprint density at radius 2 is 2.05 bits per heavy atom. The third kappa shape index (κ3) is 3.40. The Hall–Kier alpha value is -1.24. The molecule has 0 spiro atoms. The number of nitrogens with zero attached hydrogens (tertiary/aromatic N) is 1. The van der Waals surface area contributed by atoms with E-state index in [1.807, 2.05) is 30.5 Å². The van der Waals surface area contributed by atoms with Crippen LogP contribution >= 0.6 is 34.7 Å². The van der Waals surface area contributed by atoms with Crippen LogP contribution in [0.5, 0.6) is 10.9 Å². The van der Waals surface area contributed by atoms with Crippen LogP contribution in [0.25, 0.3) is 0 Å². The number of thiazole rings is 1. The molecule has 0 unspecified atom stereocenters. The molecular weight excluding hydrogens is 306 g/mol. The first-order chi connectivity index (χ1) is 9.13. The molecule has 0 aliphatic rings. The van der Waals surface area contributed by atoms with E-state index in [2.05, 4.69) is 9.72 Å². The fourth-order valence-electron chi connectivity index (χ4n) is 1.29. The minimum atomic E-state index is -0.518. The summed E-state index contributed by atoms with van der Waals surface area (Å²) in [5.41, 5.74) is 0. The van der Waals surface area contributed by atoms with Crippen molar-refractivity contribution in [2.75, 3.05) is 13.4 Å². The largest absolute Gasteiger partial charge is 0.465 e. The summed E-state index contributed by atoms with van der Waals surface area (Å²) >= 11 is 8.55. The zero-order valence-electron chi connectivity index (χ0n) is 10.2. The summed E-state index contributed by atoms with van der Waals surface area (Å²) in [6.07, 6.45) is 2.00. The summed E-state index contributed by atoms with van der Waals surface area (Å²) in [7, 11) is 1.29. The number of rotatable bonds is 4. The average molecular weight is 316 g/mol. The Bertz CT molecular complexity index is 583. The van der Waals surface area contributed by atoms with E-state index in [0.29, 0.717) is 10.9 Å². The van der Waals surface area contributed by atoms with Crippen LogP contribution in [0.3, 0.4) is 0 Å². The highest BCUT2D eigenvalue weighted by atomic mass is 35.5. The zero-order chi connectivity index (χ0) is 13.8. The molecule has 0 saturated heterocycles. The van der Waals surface area contributed by atoms with Crippen molar-refractivity contribution in [1.29, 1.82) is 0 Å². The van der Waals surface area contributed by atoms with Gasteiger partial charge in [0.1, 0.15) is 5.75 Å². The van der Waals surface area contributed by atoms with E-state index in [1.165, 1.54) is 7.11 Å². The minimum absolute atomic E-state index is 0.0904. The first-order valence-corrected chi connectivity index (χ1v) is 7.62. The highest BCUT2D eigenvalue weighted by Gasteiger charge is 2.18. The van der Waals surface area contributed by atoms with Crippen LogP contribution in [0.4, 0.5) is 0 Å². The lowest BCUT2D eigenvalue weighted by Crippen LogP contribution is -1.98. The number of ether oxygens (including phenoxy) is 2. The third-order valence-corrected chi connectivity index (χ3v) is 4.24. The molecule has 100 valence electrons. The average Bonchev–Trinajstić information content (AvgIpc) is 2.79. The molecule has 0 radical (unpaired) electrons. The maximum Gasteiger partial charge on any atom is 0.351 e. The molecule has 0 N–H and O–H groups in total. The molecule has 1 aromatic heterocycles. The molecule has 0 amide bonds. The number of carbonyl (C=O) groups is 1. The summed E-state index contributed by atoms with van der Waals surface area (Å²) < 4.78 is 10.1. The first-order valence-electron chi connectivity index (χ1n) is 5.20. The second-order valence-corrected chi connectivity index (χ2v) is 5.57. The normalized spacial score (nSPS) is 10.3. The quantitative estimate of drug-likeness (QED) is 0.628. The minimum Gasteiger partial charge on any atom is -0.465 e. The van der Waals surface area contributed by atoms with Crippen LogP contribution in [0.15, 0.2) is 29.2 Å². The lowest BCUT2D eigenvalue weighted by molar-refractivity contribution is 0.0606. The van der Waals surface area contributed by atoms with Gasteiger partial charge in [-0.1, -0.05) is 22.9 Å². The standard InChI is InChI=1S/C12H10ClNO3S2/c1-16-11(15)9-10(13)14-12(19-9)17-7-3-5-8(18-2)6-4-7/h3-6H,1-2H3. The van der Waals surface area contributed by atoms with E-state index < -0.39 is 5.97 Å². The van der Waals surface area contributed by atoms with Crippen molar-refractivity contribution in [3.05, 3.63) is 34.3 Å². The second kappa shape index (κ2) is 6.27. The number of hydrogen-bond donors (Lipinski definition) is 0. The van der Waals surface area contributed by atoms with E-state index in [9.17, 15) is 4.79 Å². The molecule has 19 heavy (non-hydrogen) atoms. The molecule has 1 aromatic carbocycles. The summed E-state index contributed by atoms with van der Waals surface area (Å²) in [4.78, 5) is 16.7. The van der Waals surface area contributed by atoms with Gasteiger partial charge in [0.25, 0.3) is 5.19 Å². The second-order valence-electron chi connectivity index (χ2n) is 3.37. The summed E-state index contributed by atoms with van der Waals surface area (Å²) in [5.74, 6) is 0.120. The highest BCUT2D eigenvalue weighted by molar-refractivity contribution is 7.98. The van der Waals surface area contributed by atoms with Gasteiger partial charge in [0.2, 0.25) is 0 Å². The van der Waals surface area contributed by atoms with Crippen LogP contribution in [0.2, 0.25) is 5.15 Å². The van der Waals surface area contributed by atoms with E-state index >= 15 is 0 Å². The number of esters is 1. The van der Waals surface area contributed by atoms with Crippen molar-refractivity contribution in [1.82, 2.24) is 4.98 Å². The van der Waals surface area contributed by atoms with Gasteiger partial charge in [-0.2, -0.15) is 4.98 Å². The summed E-state index contributed by atoms with van der Waals surface area (Å²) in [6.45, 7) is 0. The smallest absolute Gasteiger partial charge is 0.351 e. The predicted octanol–water partition coefficient (Wildman–Crippen LogP) is 4.10. The molecule has 0 aliphatic heterocycles. The number of methoxy groups -OCH3 is 1. The van der Waals surface area contributed by atoms with Gasteiger partial charge < -0.3 is 9.47 Å². The summed E-state index contributed by atoms with van der Waals surface area (Å²) in [6, 6.07) is 7.55. The van der Waals surface area contributed by atoms with Gasteiger partial charge in [0.15, 0.2) is 10.0 Å². The predicted molar refractivity (Wildman–Crippen MR) is 76.8 cm³/mol. The van der Waals surface area contributed by atoms with Crippen molar-refractivity contribution < 1.29 is 14.3 Å². The van der Waals surface area contributed by atoms with Crippen molar-refractivity contribution in [3.63, 3.8) is 0 Å². The number of benzene rings is 1. The molecular formula is C12H10ClNO3S2. The Labute approximate surface area is 123 Å². The van der Waals surface area contributed by atoms with E-state index in [0.717, 1.165) is 16.2 Å². The molecule has 0 saturated carbocycles. The van der Waals surface area contributed by atoms with Crippen molar-refractivity contribution in [2.24, 2.45) is 0 Å². The number of hydrogen-bond acceptors (Lipinski definition) is 6. The van der Waals surface area contributed by atoms with Crippen LogP contribution in [-0.2, 0) is 4.74 Å². The monoisotopic (exact) mass is 315 g/mol. The molecule has 7 heteroatoms. The number of carbonyl (C=O) groups excluding carboxylic acids is 1. The fourth-order valence-corrected chi connectivity index (χ4v) is 2.76. The van der Waals surface area contributed by atoms with Crippen molar-refractivity contribution >= 4 is 40.7 Å². The van der Waals surface area contributed by atoms with Gasteiger partial charge in [0, 0.05) is 4.90 Å². The Morgan fingerprint density at radius 1 is 1.37 bits per heavy atom. The highest BCUT2D eigenvalue weighted by Crippen LogP contribution is 2.32. The Balaban J connectivity index is 2.16. The molecule has 0 aliphatic carbocycles. The first kappa shape index (κ1) is 14.2. The van der Waals surface area contributed by atoms with Gasteiger partial charge in [-0.25, -0.2) is 4.79 Å². The number of aromatic nitrogens is 1. The topological polar surface area (TPSA) is 48.4 Å². The van der Waals surface area contributed by atoms with E-state index in [4.69, 9.17) is 16.3 Å². The molecule has 2 rings (SSSR count). The molecule has 1 heterocycles. The molecule has 0 atom stereocenters. The summed E-state index contributed by atoms with van der Waals surface area (Å²) in [5, 5.41) is 0.398. The van der Waals surface area contributed by atoms with E-state index in [-0.39, 0.29) is 10.0 Å². The maximum atomic E-state index is 11.4. The lowest BCUT2D eigenvalue weighted by atomic mass is 10.3. The maximum absolute atomic E-state index is 11.4. The lowest BCUT2D eigenvalue weighted by Gasteiger charge is -2.01. The van der Waals surface area contributed by atoms with Crippen LogP contribution in [-0.4, -0.2) is 24.3 Å². The van der Waals surface area contributed by atoms with Crippen LogP contribution in [0.1, 0.15) is 9.67 Å². The zero-order valence-corrected chi connectivity index (χ0v) is 12.6. The third-order valence-electron chi connectivity index (χ3n) is 2.20. The van der Waals surface area contributed by atoms with Crippen LogP contribution < -0.4 is 4.74 Å². The Morgan fingerprint density at radius 3 is 2.63 bits per heavy atom. The van der Waals surface area contributed by atoms with Gasteiger partial charge in [0.05, 0.1) is 7.11 Å². The fraction of sp³-hybridized carbons (Fsp3) is 0.167. The van der Waals surface area contributed by atoms with Crippen molar-refractivity contribution in [3.8, 4) is 10.9 Å². The number of thioether (sulfide) groups is 1. The van der Waals surface area contributed by atoms with Crippen LogP contribution in [0, 0.1) is 0 Å². The van der Waals surface area contributed by atoms with Gasteiger partial charge >= 0.3 is 5.97 Å².